The first-order valence-corrected chi connectivity index (χ1v) is 6.29. The Bertz CT molecular complexity index is 312. The summed E-state index contributed by atoms with van der Waals surface area (Å²) in [5.74, 6) is -1.79. The van der Waals surface area contributed by atoms with Crippen molar-refractivity contribution in [1.82, 2.24) is 4.90 Å². The molecule has 2 rings (SSSR count). The number of carbonyl (C=O) groups excluding carboxylic acids is 1. The molecule has 2 aliphatic carbocycles. The minimum absolute atomic E-state index is 0.0489. The third kappa shape index (κ3) is 2.60. The van der Waals surface area contributed by atoms with Crippen LogP contribution in [0.25, 0.3) is 0 Å². The van der Waals surface area contributed by atoms with Crippen LogP contribution in [-0.4, -0.2) is 46.2 Å². The van der Waals surface area contributed by atoms with Gasteiger partial charge in [-0.25, -0.2) is 0 Å². The van der Waals surface area contributed by atoms with Gasteiger partial charge in [0.25, 0.3) is 0 Å². The zero-order valence-electron chi connectivity index (χ0n) is 9.84. The van der Waals surface area contributed by atoms with Gasteiger partial charge in [-0.1, -0.05) is 12.8 Å². The van der Waals surface area contributed by atoms with Crippen molar-refractivity contribution in [2.45, 2.75) is 38.1 Å². The largest absolute Gasteiger partial charge is 0.481 e. The van der Waals surface area contributed by atoms with E-state index in [1.54, 1.807) is 4.90 Å². The molecule has 2 saturated carbocycles. The highest BCUT2D eigenvalue weighted by Gasteiger charge is 2.50. The molecule has 5 heteroatoms. The van der Waals surface area contributed by atoms with Gasteiger partial charge in [0.2, 0.25) is 5.91 Å². The number of aliphatic hydroxyl groups is 1. The molecule has 2 aliphatic rings. The Hall–Kier alpha value is -1.10. The maximum Gasteiger partial charge on any atom is 0.307 e. The molecule has 2 atom stereocenters. The van der Waals surface area contributed by atoms with Gasteiger partial charge < -0.3 is 15.1 Å². The molecule has 96 valence electrons. The minimum atomic E-state index is -0.876. The Morgan fingerprint density at radius 2 is 1.82 bits per heavy atom. The van der Waals surface area contributed by atoms with Gasteiger partial charge in [-0.3, -0.25) is 9.59 Å². The molecule has 0 spiro atoms. The molecule has 1 amide bonds. The van der Waals surface area contributed by atoms with Crippen molar-refractivity contribution < 1.29 is 19.8 Å². The van der Waals surface area contributed by atoms with Gasteiger partial charge in [0.15, 0.2) is 0 Å². The van der Waals surface area contributed by atoms with E-state index in [2.05, 4.69) is 0 Å². The average Bonchev–Trinajstić information content (AvgIpc) is 2.94. The van der Waals surface area contributed by atoms with Crippen molar-refractivity contribution in [2.24, 2.45) is 11.8 Å². The van der Waals surface area contributed by atoms with Crippen molar-refractivity contribution in [3.63, 3.8) is 0 Å². The normalized spacial score (nSPS) is 28.1. The number of carboxylic acids is 1. The number of aliphatic hydroxyl groups excluding tert-OH is 1. The van der Waals surface area contributed by atoms with Gasteiger partial charge in [0.05, 0.1) is 18.4 Å². The molecule has 0 aromatic carbocycles. The van der Waals surface area contributed by atoms with E-state index < -0.39 is 11.9 Å². The van der Waals surface area contributed by atoms with Gasteiger partial charge in [-0.15, -0.1) is 0 Å². The molecule has 0 unspecified atom stereocenters. The summed E-state index contributed by atoms with van der Waals surface area (Å²) in [5.41, 5.74) is 0. The molecule has 0 heterocycles. The zero-order valence-corrected chi connectivity index (χ0v) is 9.84. The fourth-order valence-electron chi connectivity index (χ4n) is 2.75. The number of nitrogens with zero attached hydrogens (tertiary/aromatic N) is 1. The standard InChI is InChI=1S/C12H19NO4/c14-6-5-13(8-3-1-2-4-8)11(15)9-7-10(9)12(16)17/h8-10,14H,1-7H2,(H,16,17)/t9-,10+/m1/s1. The number of hydrogen-bond acceptors (Lipinski definition) is 3. The summed E-state index contributed by atoms with van der Waals surface area (Å²) in [5, 5.41) is 17.8. The molecule has 0 aromatic rings. The first-order chi connectivity index (χ1) is 8.15. The van der Waals surface area contributed by atoms with Crippen molar-refractivity contribution in [3.8, 4) is 0 Å². The van der Waals surface area contributed by atoms with Gasteiger partial charge in [0, 0.05) is 12.6 Å². The molecule has 0 bridgehead atoms. The molecular formula is C12H19NO4. The van der Waals surface area contributed by atoms with E-state index in [1.807, 2.05) is 0 Å². The van der Waals surface area contributed by atoms with E-state index >= 15 is 0 Å². The molecule has 0 aliphatic heterocycles. The van der Waals surface area contributed by atoms with E-state index in [4.69, 9.17) is 10.2 Å². The summed E-state index contributed by atoms with van der Waals surface area (Å²) in [4.78, 5) is 24.6. The SMILES string of the molecule is O=C(O)[C@H]1C[C@H]1C(=O)N(CCO)C1CCCC1. The molecule has 5 nitrogen and oxygen atoms in total. The smallest absolute Gasteiger partial charge is 0.307 e. The lowest BCUT2D eigenvalue weighted by atomic mass is 10.1. The van der Waals surface area contributed by atoms with E-state index in [1.165, 1.54) is 0 Å². The highest BCUT2D eigenvalue weighted by Crippen LogP contribution is 2.41. The lowest BCUT2D eigenvalue weighted by Gasteiger charge is -2.28. The highest BCUT2D eigenvalue weighted by molar-refractivity contribution is 5.89. The van der Waals surface area contributed by atoms with Crippen molar-refractivity contribution >= 4 is 11.9 Å². The average molecular weight is 241 g/mol. The van der Waals surface area contributed by atoms with Crippen LogP contribution >= 0.6 is 0 Å². The molecule has 0 aromatic heterocycles. The van der Waals surface area contributed by atoms with Gasteiger partial charge in [0.1, 0.15) is 0 Å². The number of hydrogen-bond donors (Lipinski definition) is 2. The van der Waals surface area contributed by atoms with E-state index in [0.29, 0.717) is 13.0 Å². The zero-order chi connectivity index (χ0) is 12.4. The van der Waals surface area contributed by atoms with E-state index in [-0.39, 0.29) is 24.5 Å². The predicted molar refractivity (Wildman–Crippen MR) is 60.3 cm³/mol. The highest BCUT2D eigenvalue weighted by atomic mass is 16.4. The van der Waals surface area contributed by atoms with Crippen LogP contribution in [0.4, 0.5) is 0 Å². The topological polar surface area (TPSA) is 77.8 Å². The van der Waals surface area contributed by atoms with Crippen LogP contribution in [0.5, 0.6) is 0 Å². The first-order valence-electron chi connectivity index (χ1n) is 6.29. The molecule has 0 saturated heterocycles. The molecule has 2 N–H and O–H groups in total. The van der Waals surface area contributed by atoms with Crippen LogP contribution in [0, 0.1) is 11.8 Å². The molecular weight excluding hydrogens is 222 g/mol. The first kappa shape index (κ1) is 12.4. The Labute approximate surface area is 100 Å². The second kappa shape index (κ2) is 5.04. The maximum atomic E-state index is 12.1. The molecule has 0 radical (unpaired) electrons. The minimum Gasteiger partial charge on any atom is -0.481 e. The van der Waals surface area contributed by atoms with Crippen LogP contribution < -0.4 is 0 Å². The molecule has 2 fully saturated rings. The summed E-state index contributed by atoms with van der Waals surface area (Å²) < 4.78 is 0. The van der Waals surface area contributed by atoms with Gasteiger partial charge in [-0.05, 0) is 19.3 Å². The second-order valence-corrected chi connectivity index (χ2v) is 4.98. The Morgan fingerprint density at radius 3 is 2.29 bits per heavy atom. The lowest BCUT2D eigenvalue weighted by molar-refractivity contribution is -0.142. The van der Waals surface area contributed by atoms with Crippen LogP contribution in [0.15, 0.2) is 0 Å². The summed E-state index contributed by atoms with van der Waals surface area (Å²) in [6.45, 7) is 0.291. The number of amides is 1. The number of aliphatic carboxylic acids is 1. The van der Waals surface area contributed by atoms with Crippen molar-refractivity contribution in [3.05, 3.63) is 0 Å². The summed E-state index contributed by atoms with van der Waals surface area (Å²) in [6.07, 6.45) is 4.66. The van der Waals surface area contributed by atoms with Crippen LogP contribution in [-0.2, 0) is 9.59 Å². The van der Waals surface area contributed by atoms with E-state index in [0.717, 1.165) is 25.7 Å². The fraction of sp³-hybridized carbons (Fsp3) is 0.833. The monoisotopic (exact) mass is 241 g/mol. The summed E-state index contributed by atoms with van der Waals surface area (Å²) in [6, 6.07) is 0.213. The van der Waals surface area contributed by atoms with Gasteiger partial charge in [-0.2, -0.15) is 0 Å². The number of carboxylic acid groups (broad SMARTS) is 1. The van der Waals surface area contributed by atoms with Gasteiger partial charge >= 0.3 is 5.97 Å². The second-order valence-electron chi connectivity index (χ2n) is 4.98. The number of carbonyl (C=O) groups is 2. The molecule has 17 heavy (non-hydrogen) atoms. The Kier molecular flexibility index (Phi) is 3.66. The fourth-order valence-corrected chi connectivity index (χ4v) is 2.75. The quantitative estimate of drug-likeness (QED) is 0.733. The summed E-state index contributed by atoms with van der Waals surface area (Å²) in [7, 11) is 0. The van der Waals surface area contributed by atoms with Crippen molar-refractivity contribution in [1.29, 1.82) is 0 Å². The van der Waals surface area contributed by atoms with Crippen LogP contribution in [0.3, 0.4) is 0 Å². The predicted octanol–water partition coefficient (Wildman–Crippen LogP) is 0.471. The van der Waals surface area contributed by atoms with Crippen molar-refractivity contribution in [2.75, 3.05) is 13.2 Å². The van der Waals surface area contributed by atoms with E-state index in [9.17, 15) is 9.59 Å². The third-order valence-corrected chi connectivity index (χ3v) is 3.81. The third-order valence-electron chi connectivity index (χ3n) is 3.81. The van der Waals surface area contributed by atoms with Crippen LogP contribution in [0.1, 0.15) is 32.1 Å². The maximum absolute atomic E-state index is 12.1. The lowest BCUT2D eigenvalue weighted by Crippen LogP contribution is -2.42. The Balaban J connectivity index is 1.96. The number of rotatable bonds is 5. The Morgan fingerprint density at radius 1 is 1.18 bits per heavy atom. The van der Waals surface area contributed by atoms with Crippen LogP contribution in [0.2, 0.25) is 0 Å². The summed E-state index contributed by atoms with van der Waals surface area (Å²) >= 11 is 0.